The molecule has 1 aliphatic rings. The van der Waals surface area contributed by atoms with Crippen LogP contribution in [-0.4, -0.2) is 11.0 Å². The van der Waals surface area contributed by atoms with Gasteiger partial charge in [0, 0.05) is 17.1 Å². The maximum absolute atomic E-state index is 11.4. The largest absolute Gasteiger partial charge is 0.384 e. The van der Waals surface area contributed by atoms with E-state index in [1.807, 2.05) is 37.3 Å². The third-order valence-electron chi connectivity index (χ3n) is 3.87. The summed E-state index contributed by atoms with van der Waals surface area (Å²) in [6, 6.07) is 11.2. The summed E-state index contributed by atoms with van der Waals surface area (Å²) < 4.78 is 0. The van der Waals surface area contributed by atoms with Crippen molar-refractivity contribution >= 4 is 23.2 Å². The van der Waals surface area contributed by atoms with E-state index in [4.69, 9.17) is 11.6 Å². The van der Waals surface area contributed by atoms with E-state index in [0.29, 0.717) is 17.9 Å². The Labute approximate surface area is 128 Å². The van der Waals surface area contributed by atoms with Crippen molar-refractivity contribution < 1.29 is 9.90 Å². The van der Waals surface area contributed by atoms with Gasteiger partial charge in [0.2, 0.25) is 5.91 Å². The van der Waals surface area contributed by atoms with Crippen molar-refractivity contribution in [2.24, 2.45) is 0 Å². The van der Waals surface area contributed by atoms with Crippen LogP contribution in [0.1, 0.15) is 34.8 Å². The highest BCUT2D eigenvalue weighted by Gasteiger charge is 2.18. The average molecular weight is 302 g/mol. The fraction of sp³-hybridized carbons (Fsp3) is 0.235. The SMILES string of the molecule is Cc1cc(Cl)ccc1C(O)c1ccc2c(c1)CCC(=O)N2. The predicted molar refractivity (Wildman–Crippen MR) is 83.6 cm³/mol. The summed E-state index contributed by atoms with van der Waals surface area (Å²) in [6.07, 6.45) is 0.513. The second kappa shape index (κ2) is 5.51. The number of hydrogen-bond acceptors (Lipinski definition) is 2. The van der Waals surface area contributed by atoms with Crippen LogP contribution in [0.2, 0.25) is 5.02 Å². The summed E-state index contributed by atoms with van der Waals surface area (Å²) in [5, 5.41) is 14.1. The van der Waals surface area contributed by atoms with E-state index in [9.17, 15) is 9.90 Å². The van der Waals surface area contributed by atoms with Gasteiger partial charge in [0.25, 0.3) is 0 Å². The Hall–Kier alpha value is -1.84. The normalized spacial score (nSPS) is 15.3. The van der Waals surface area contributed by atoms with Crippen LogP contribution in [0.3, 0.4) is 0 Å². The average Bonchev–Trinajstić information content (AvgIpc) is 2.46. The van der Waals surface area contributed by atoms with Crippen molar-refractivity contribution in [3.05, 3.63) is 63.7 Å². The zero-order valence-electron chi connectivity index (χ0n) is 11.7. The van der Waals surface area contributed by atoms with Crippen LogP contribution in [0.25, 0.3) is 0 Å². The molecule has 0 bridgehead atoms. The van der Waals surface area contributed by atoms with Crippen LogP contribution in [-0.2, 0) is 11.2 Å². The van der Waals surface area contributed by atoms with E-state index in [-0.39, 0.29) is 5.91 Å². The van der Waals surface area contributed by atoms with Gasteiger partial charge in [-0.05, 0) is 53.8 Å². The molecule has 2 N–H and O–H groups in total. The number of benzene rings is 2. The molecule has 0 saturated carbocycles. The maximum atomic E-state index is 11.4. The number of carbonyl (C=O) groups is 1. The van der Waals surface area contributed by atoms with E-state index in [0.717, 1.165) is 27.9 Å². The van der Waals surface area contributed by atoms with E-state index in [2.05, 4.69) is 5.32 Å². The summed E-state index contributed by atoms with van der Waals surface area (Å²) in [5.41, 5.74) is 4.54. The van der Waals surface area contributed by atoms with Gasteiger partial charge >= 0.3 is 0 Å². The second-order valence-electron chi connectivity index (χ2n) is 5.37. The van der Waals surface area contributed by atoms with Gasteiger partial charge < -0.3 is 10.4 Å². The van der Waals surface area contributed by atoms with Crippen LogP contribution < -0.4 is 5.32 Å². The number of aliphatic hydroxyl groups excluding tert-OH is 1. The van der Waals surface area contributed by atoms with Gasteiger partial charge in [0.05, 0.1) is 0 Å². The Morgan fingerprint density at radius 2 is 2.00 bits per heavy atom. The molecule has 108 valence electrons. The Morgan fingerprint density at radius 1 is 1.19 bits per heavy atom. The van der Waals surface area contributed by atoms with Crippen molar-refractivity contribution in [3.63, 3.8) is 0 Å². The summed E-state index contributed by atoms with van der Waals surface area (Å²) >= 11 is 5.95. The zero-order chi connectivity index (χ0) is 15.0. The number of carbonyl (C=O) groups excluding carboxylic acids is 1. The van der Waals surface area contributed by atoms with E-state index in [1.54, 1.807) is 6.07 Å². The topological polar surface area (TPSA) is 49.3 Å². The fourth-order valence-electron chi connectivity index (χ4n) is 2.70. The van der Waals surface area contributed by atoms with Crippen LogP contribution >= 0.6 is 11.6 Å². The van der Waals surface area contributed by atoms with Crippen molar-refractivity contribution in [1.82, 2.24) is 0 Å². The predicted octanol–water partition coefficient (Wildman–Crippen LogP) is 3.61. The number of aliphatic hydroxyl groups is 1. The molecule has 0 aromatic heterocycles. The van der Waals surface area contributed by atoms with E-state index >= 15 is 0 Å². The highest BCUT2D eigenvalue weighted by atomic mass is 35.5. The summed E-state index contributed by atoms with van der Waals surface area (Å²) in [6.45, 7) is 1.93. The van der Waals surface area contributed by atoms with Crippen LogP contribution in [0.5, 0.6) is 0 Å². The van der Waals surface area contributed by atoms with Gasteiger partial charge in [-0.1, -0.05) is 29.8 Å². The standard InChI is InChI=1S/C17H16ClNO2/c1-10-8-13(18)4-5-14(10)17(21)12-2-6-15-11(9-12)3-7-16(20)19-15/h2,4-6,8-9,17,21H,3,7H2,1H3,(H,19,20). The summed E-state index contributed by atoms with van der Waals surface area (Å²) in [5.74, 6) is 0.0457. The van der Waals surface area contributed by atoms with Gasteiger partial charge in [0.15, 0.2) is 0 Å². The molecule has 0 radical (unpaired) electrons. The number of hydrogen-bond donors (Lipinski definition) is 2. The Bertz CT molecular complexity index is 712. The second-order valence-corrected chi connectivity index (χ2v) is 5.80. The monoisotopic (exact) mass is 301 g/mol. The molecule has 3 rings (SSSR count). The Kier molecular flexibility index (Phi) is 3.70. The van der Waals surface area contributed by atoms with Crippen LogP contribution in [0, 0.1) is 6.92 Å². The lowest BCUT2D eigenvalue weighted by atomic mass is 9.93. The number of anilines is 1. The minimum absolute atomic E-state index is 0.0457. The first-order chi connectivity index (χ1) is 10.0. The number of rotatable bonds is 2. The van der Waals surface area contributed by atoms with Crippen molar-refractivity contribution in [1.29, 1.82) is 0 Å². The maximum Gasteiger partial charge on any atom is 0.224 e. The van der Waals surface area contributed by atoms with Gasteiger partial charge in [-0.25, -0.2) is 0 Å². The molecular formula is C17H16ClNO2. The molecule has 1 atom stereocenters. The highest BCUT2D eigenvalue weighted by molar-refractivity contribution is 6.30. The Morgan fingerprint density at radius 3 is 2.76 bits per heavy atom. The first-order valence-electron chi connectivity index (χ1n) is 6.91. The fourth-order valence-corrected chi connectivity index (χ4v) is 2.93. The number of amides is 1. The molecule has 2 aromatic carbocycles. The van der Waals surface area contributed by atoms with Crippen LogP contribution in [0.4, 0.5) is 5.69 Å². The Balaban J connectivity index is 1.95. The summed E-state index contributed by atoms with van der Waals surface area (Å²) in [7, 11) is 0. The molecule has 1 amide bonds. The van der Waals surface area contributed by atoms with Crippen molar-refractivity contribution in [2.45, 2.75) is 25.9 Å². The molecule has 21 heavy (non-hydrogen) atoms. The van der Waals surface area contributed by atoms with Gasteiger partial charge in [-0.3, -0.25) is 4.79 Å². The van der Waals surface area contributed by atoms with E-state index in [1.165, 1.54) is 0 Å². The van der Waals surface area contributed by atoms with Gasteiger partial charge in [-0.15, -0.1) is 0 Å². The lowest BCUT2D eigenvalue weighted by Gasteiger charge is -2.20. The highest BCUT2D eigenvalue weighted by Crippen LogP contribution is 2.31. The number of aryl methyl sites for hydroxylation is 2. The zero-order valence-corrected chi connectivity index (χ0v) is 12.4. The molecule has 3 nitrogen and oxygen atoms in total. The lowest BCUT2D eigenvalue weighted by molar-refractivity contribution is -0.116. The van der Waals surface area contributed by atoms with Crippen molar-refractivity contribution in [2.75, 3.05) is 5.32 Å². The summed E-state index contributed by atoms with van der Waals surface area (Å²) in [4.78, 5) is 11.4. The van der Waals surface area contributed by atoms with Gasteiger partial charge in [-0.2, -0.15) is 0 Å². The smallest absolute Gasteiger partial charge is 0.224 e. The lowest BCUT2D eigenvalue weighted by Crippen LogP contribution is -2.19. The van der Waals surface area contributed by atoms with Crippen LogP contribution in [0.15, 0.2) is 36.4 Å². The molecule has 0 aliphatic carbocycles. The number of fused-ring (bicyclic) bond motifs is 1. The first kappa shape index (κ1) is 14.1. The van der Waals surface area contributed by atoms with Gasteiger partial charge in [0.1, 0.15) is 6.10 Å². The van der Waals surface area contributed by atoms with Crippen molar-refractivity contribution in [3.8, 4) is 0 Å². The molecule has 0 fully saturated rings. The molecule has 4 heteroatoms. The number of halogens is 1. The minimum atomic E-state index is -0.690. The molecular weight excluding hydrogens is 286 g/mol. The molecule has 1 unspecified atom stereocenters. The molecule has 2 aromatic rings. The number of nitrogens with one attached hydrogen (secondary N) is 1. The molecule has 1 heterocycles. The third-order valence-corrected chi connectivity index (χ3v) is 4.10. The van der Waals surface area contributed by atoms with E-state index < -0.39 is 6.10 Å². The minimum Gasteiger partial charge on any atom is -0.384 e. The molecule has 0 spiro atoms. The third kappa shape index (κ3) is 2.80. The first-order valence-corrected chi connectivity index (χ1v) is 7.29. The quantitative estimate of drug-likeness (QED) is 0.890. The molecule has 0 saturated heterocycles. The molecule has 1 aliphatic heterocycles.